The molecular formula is C15H22BrFN2. The SMILES string of the molecule is CCC1CNC(C(C)C)CN1c1ccc(F)c(Br)c1. The minimum Gasteiger partial charge on any atom is -0.366 e. The molecule has 0 radical (unpaired) electrons. The maximum Gasteiger partial charge on any atom is 0.137 e. The summed E-state index contributed by atoms with van der Waals surface area (Å²) in [6.45, 7) is 8.65. The fraction of sp³-hybridized carbons (Fsp3) is 0.600. The van der Waals surface area contributed by atoms with Gasteiger partial charge in [-0.15, -0.1) is 0 Å². The maximum absolute atomic E-state index is 13.4. The van der Waals surface area contributed by atoms with Gasteiger partial charge in [0.05, 0.1) is 4.47 Å². The highest BCUT2D eigenvalue weighted by atomic mass is 79.9. The molecule has 1 saturated heterocycles. The van der Waals surface area contributed by atoms with Crippen LogP contribution in [0.15, 0.2) is 22.7 Å². The highest BCUT2D eigenvalue weighted by molar-refractivity contribution is 9.10. The van der Waals surface area contributed by atoms with E-state index >= 15 is 0 Å². The zero-order chi connectivity index (χ0) is 14.0. The van der Waals surface area contributed by atoms with Gasteiger partial charge in [-0.2, -0.15) is 0 Å². The van der Waals surface area contributed by atoms with Crippen LogP contribution in [0.4, 0.5) is 10.1 Å². The van der Waals surface area contributed by atoms with E-state index in [9.17, 15) is 4.39 Å². The molecule has 1 aromatic rings. The molecule has 1 heterocycles. The van der Waals surface area contributed by atoms with Crippen LogP contribution in [0.25, 0.3) is 0 Å². The molecule has 0 aliphatic carbocycles. The third-order valence-corrected chi connectivity index (χ3v) is 4.57. The van der Waals surface area contributed by atoms with E-state index in [0.29, 0.717) is 22.5 Å². The van der Waals surface area contributed by atoms with Crippen molar-refractivity contribution in [2.24, 2.45) is 5.92 Å². The highest BCUT2D eigenvalue weighted by Crippen LogP contribution is 2.27. The van der Waals surface area contributed by atoms with Crippen LogP contribution in [0.3, 0.4) is 0 Å². The zero-order valence-corrected chi connectivity index (χ0v) is 13.4. The smallest absolute Gasteiger partial charge is 0.137 e. The van der Waals surface area contributed by atoms with Crippen LogP contribution in [0.1, 0.15) is 27.2 Å². The number of anilines is 1. The van der Waals surface area contributed by atoms with Crippen LogP contribution >= 0.6 is 15.9 Å². The Morgan fingerprint density at radius 3 is 2.79 bits per heavy atom. The molecule has 2 unspecified atom stereocenters. The van der Waals surface area contributed by atoms with Crippen LogP contribution in [-0.2, 0) is 0 Å². The second-order valence-electron chi connectivity index (χ2n) is 5.57. The van der Waals surface area contributed by atoms with Crippen LogP contribution in [0.5, 0.6) is 0 Å². The molecule has 0 aromatic heterocycles. The molecule has 0 saturated carbocycles. The molecule has 1 aliphatic rings. The maximum atomic E-state index is 13.4. The molecular weight excluding hydrogens is 307 g/mol. The van der Waals surface area contributed by atoms with E-state index in [4.69, 9.17) is 0 Å². The Morgan fingerprint density at radius 1 is 1.47 bits per heavy atom. The van der Waals surface area contributed by atoms with Gasteiger partial charge in [0.25, 0.3) is 0 Å². The van der Waals surface area contributed by atoms with Crippen LogP contribution < -0.4 is 10.2 Å². The van der Waals surface area contributed by atoms with E-state index in [2.05, 4.69) is 46.9 Å². The molecule has 2 nitrogen and oxygen atoms in total. The average molecular weight is 329 g/mol. The Kier molecular flexibility index (Phi) is 4.85. The Morgan fingerprint density at radius 2 is 2.21 bits per heavy atom. The Labute approximate surface area is 123 Å². The van der Waals surface area contributed by atoms with Crippen molar-refractivity contribution in [2.75, 3.05) is 18.0 Å². The molecule has 1 fully saturated rings. The Balaban J connectivity index is 2.24. The van der Waals surface area contributed by atoms with E-state index in [1.807, 2.05) is 12.1 Å². The first-order chi connectivity index (χ1) is 9.02. The number of nitrogens with one attached hydrogen (secondary N) is 1. The van der Waals surface area contributed by atoms with E-state index in [1.54, 1.807) is 6.07 Å². The first kappa shape index (κ1) is 14.8. The fourth-order valence-corrected chi connectivity index (χ4v) is 2.98. The molecule has 2 atom stereocenters. The molecule has 106 valence electrons. The summed E-state index contributed by atoms with van der Waals surface area (Å²) in [7, 11) is 0. The minimum atomic E-state index is -0.202. The minimum absolute atomic E-state index is 0.202. The quantitative estimate of drug-likeness (QED) is 0.907. The van der Waals surface area contributed by atoms with Gasteiger partial charge in [0.15, 0.2) is 0 Å². The van der Waals surface area contributed by atoms with Crippen LogP contribution in [0.2, 0.25) is 0 Å². The van der Waals surface area contributed by atoms with Gasteiger partial charge in [0.1, 0.15) is 5.82 Å². The Bertz CT molecular complexity index is 436. The second kappa shape index (κ2) is 6.23. The summed E-state index contributed by atoms with van der Waals surface area (Å²) in [5, 5.41) is 3.62. The third kappa shape index (κ3) is 3.29. The van der Waals surface area contributed by atoms with Gasteiger partial charge in [-0.05, 0) is 46.5 Å². The van der Waals surface area contributed by atoms with Crippen molar-refractivity contribution in [1.29, 1.82) is 0 Å². The normalized spacial score (nSPS) is 24.0. The summed E-state index contributed by atoms with van der Waals surface area (Å²) < 4.78 is 13.9. The summed E-state index contributed by atoms with van der Waals surface area (Å²) in [6.07, 6.45) is 1.09. The van der Waals surface area contributed by atoms with Gasteiger partial charge >= 0.3 is 0 Å². The standard InChI is InChI=1S/C15H22BrFN2/c1-4-11-8-18-15(10(2)3)9-19(11)12-5-6-14(17)13(16)7-12/h5-7,10-11,15,18H,4,8-9H2,1-3H3. The predicted octanol–water partition coefficient (Wildman–Crippen LogP) is 3.80. The number of rotatable bonds is 3. The van der Waals surface area contributed by atoms with E-state index < -0.39 is 0 Å². The van der Waals surface area contributed by atoms with Crippen molar-refractivity contribution in [3.8, 4) is 0 Å². The van der Waals surface area contributed by atoms with Crippen LogP contribution in [-0.4, -0.2) is 25.2 Å². The van der Waals surface area contributed by atoms with E-state index in [0.717, 1.165) is 25.2 Å². The predicted molar refractivity (Wildman–Crippen MR) is 82.2 cm³/mol. The number of hydrogen-bond donors (Lipinski definition) is 1. The van der Waals surface area contributed by atoms with Gasteiger partial charge < -0.3 is 10.2 Å². The summed E-state index contributed by atoms with van der Waals surface area (Å²) in [5.74, 6) is 0.400. The number of hydrogen-bond acceptors (Lipinski definition) is 2. The van der Waals surface area contributed by atoms with Crippen molar-refractivity contribution in [3.63, 3.8) is 0 Å². The van der Waals surface area contributed by atoms with Crippen molar-refractivity contribution in [1.82, 2.24) is 5.32 Å². The lowest BCUT2D eigenvalue weighted by Crippen LogP contribution is -2.58. The molecule has 4 heteroatoms. The van der Waals surface area contributed by atoms with Gasteiger partial charge in [-0.3, -0.25) is 0 Å². The van der Waals surface area contributed by atoms with Crippen LogP contribution in [0, 0.1) is 11.7 Å². The second-order valence-corrected chi connectivity index (χ2v) is 6.43. The summed E-state index contributed by atoms with van der Waals surface area (Å²) in [6, 6.07) is 6.28. The number of halogens is 2. The summed E-state index contributed by atoms with van der Waals surface area (Å²) in [5.41, 5.74) is 1.10. The molecule has 1 aromatic carbocycles. The lowest BCUT2D eigenvalue weighted by atomic mass is 9.98. The lowest BCUT2D eigenvalue weighted by molar-refractivity contribution is 0.325. The first-order valence-electron chi connectivity index (χ1n) is 6.98. The Hall–Kier alpha value is -0.610. The number of piperazine rings is 1. The van der Waals surface area contributed by atoms with Gasteiger partial charge in [0, 0.05) is 30.9 Å². The van der Waals surface area contributed by atoms with Gasteiger partial charge in [-0.25, -0.2) is 4.39 Å². The van der Waals surface area contributed by atoms with Crippen molar-refractivity contribution in [2.45, 2.75) is 39.3 Å². The monoisotopic (exact) mass is 328 g/mol. The molecule has 19 heavy (non-hydrogen) atoms. The molecule has 1 N–H and O–H groups in total. The summed E-state index contributed by atoms with van der Waals surface area (Å²) in [4.78, 5) is 2.41. The van der Waals surface area contributed by atoms with Crippen molar-refractivity contribution < 1.29 is 4.39 Å². The largest absolute Gasteiger partial charge is 0.366 e. The van der Waals surface area contributed by atoms with Gasteiger partial charge in [0.2, 0.25) is 0 Å². The lowest BCUT2D eigenvalue weighted by Gasteiger charge is -2.43. The number of benzene rings is 1. The third-order valence-electron chi connectivity index (χ3n) is 3.96. The molecule has 0 bridgehead atoms. The molecule has 0 spiro atoms. The van der Waals surface area contributed by atoms with Crippen molar-refractivity contribution >= 4 is 21.6 Å². The zero-order valence-electron chi connectivity index (χ0n) is 11.8. The number of nitrogens with zero attached hydrogens (tertiary/aromatic N) is 1. The van der Waals surface area contributed by atoms with E-state index in [-0.39, 0.29) is 5.82 Å². The van der Waals surface area contributed by atoms with Crippen molar-refractivity contribution in [3.05, 3.63) is 28.5 Å². The summed E-state index contributed by atoms with van der Waals surface area (Å²) >= 11 is 3.28. The highest BCUT2D eigenvalue weighted by Gasteiger charge is 2.28. The molecule has 2 rings (SSSR count). The molecule has 0 amide bonds. The average Bonchev–Trinajstić information content (AvgIpc) is 2.41. The first-order valence-corrected chi connectivity index (χ1v) is 7.77. The molecule has 1 aliphatic heterocycles. The fourth-order valence-electron chi connectivity index (χ4n) is 2.61. The topological polar surface area (TPSA) is 15.3 Å². The van der Waals surface area contributed by atoms with Gasteiger partial charge in [-0.1, -0.05) is 20.8 Å². The van der Waals surface area contributed by atoms with E-state index in [1.165, 1.54) is 0 Å².